The smallest absolute Gasteiger partial charge is 0.228 e. The fourth-order valence-electron chi connectivity index (χ4n) is 2.98. The van der Waals surface area contributed by atoms with Crippen LogP contribution in [0.5, 0.6) is 0 Å². The molecule has 4 nitrogen and oxygen atoms in total. The van der Waals surface area contributed by atoms with Crippen molar-refractivity contribution in [2.24, 2.45) is 11.8 Å². The van der Waals surface area contributed by atoms with Crippen LogP contribution in [0.3, 0.4) is 0 Å². The zero-order valence-electron chi connectivity index (χ0n) is 15.0. The van der Waals surface area contributed by atoms with Crippen molar-refractivity contribution in [3.63, 3.8) is 0 Å². The number of amides is 2. The third kappa shape index (κ3) is 4.28. The number of aryl methyl sites for hydroxylation is 2. The van der Waals surface area contributed by atoms with Crippen LogP contribution in [0.1, 0.15) is 23.1 Å². The Labute approximate surface area is 152 Å². The Bertz CT molecular complexity index is 835. The van der Waals surface area contributed by atoms with Gasteiger partial charge in [0.2, 0.25) is 11.8 Å². The van der Waals surface area contributed by atoms with Crippen LogP contribution in [0.4, 0.5) is 10.1 Å². The van der Waals surface area contributed by atoms with Crippen molar-refractivity contribution in [2.75, 3.05) is 11.9 Å². The van der Waals surface area contributed by atoms with Crippen molar-refractivity contribution in [3.05, 3.63) is 65.0 Å². The molecule has 1 fully saturated rings. The van der Waals surface area contributed by atoms with Gasteiger partial charge in [0.15, 0.2) is 0 Å². The third-order valence-corrected chi connectivity index (χ3v) is 4.89. The highest BCUT2D eigenvalue weighted by molar-refractivity contribution is 5.99. The van der Waals surface area contributed by atoms with E-state index < -0.39 is 0 Å². The molecule has 2 aromatic rings. The summed E-state index contributed by atoms with van der Waals surface area (Å²) in [5.74, 6) is -1.10. The Balaban J connectivity index is 1.45. The highest BCUT2D eigenvalue weighted by Crippen LogP contribution is 2.39. The normalized spacial score (nSPS) is 18.3. The first-order chi connectivity index (χ1) is 12.5. The minimum absolute atomic E-state index is 0.123. The average molecular weight is 354 g/mol. The topological polar surface area (TPSA) is 58.2 Å². The molecule has 136 valence electrons. The van der Waals surface area contributed by atoms with Crippen molar-refractivity contribution >= 4 is 17.5 Å². The molecular formula is C21H23FN2O2. The molecule has 0 aromatic heterocycles. The maximum Gasteiger partial charge on any atom is 0.228 e. The summed E-state index contributed by atoms with van der Waals surface area (Å²) in [5, 5.41) is 5.68. The number of rotatable bonds is 6. The molecule has 1 aliphatic rings. The maximum absolute atomic E-state index is 13.5. The standard InChI is InChI=1S/C21H23FN2O2/c1-13-7-8-16(11-14(13)2)24-21(26)18-12-17(18)20(25)23-10-9-15-5-3-4-6-19(15)22/h3-8,11,17-18H,9-10,12H2,1-2H3,(H,23,25)(H,24,26). The first-order valence-electron chi connectivity index (χ1n) is 8.85. The minimum Gasteiger partial charge on any atom is -0.356 e. The number of hydrogen-bond donors (Lipinski definition) is 2. The van der Waals surface area contributed by atoms with Gasteiger partial charge in [0.25, 0.3) is 0 Å². The third-order valence-electron chi connectivity index (χ3n) is 4.89. The number of hydrogen-bond acceptors (Lipinski definition) is 2. The number of nitrogens with one attached hydrogen (secondary N) is 2. The number of carbonyl (C=O) groups is 2. The van der Waals surface area contributed by atoms with Crippen LogP contribution in [0, 0.1) is 31.5 Å². The Morgan fingerprint density at radius 2 is 1.77 bits per heavy atom. The predicted molar refractivity (Wildman–Crippen MR) is 99.3 cm³/mol. The number of benzene rings is 2. The lowest BCUT2D eigenvalue weighted by atomic mass is 10.1. The second kappa shape index (κ2) is 7.68. The molecule has 2 aromatic carbocycles. The van der Waals surface area contributed by atoms with E-state index in [1.54, 1.807) is 18.2 Å². The predicted octanol–water partition coefficient (Wildman–Crippen LogP) is 3.38. The Morgan fingerprint density at radius 1 is 1.04 bits per heavy atom. The van der Waals surface area contributed by atoms with E-state index >= 15 is 0 Å². The highest BCUT2D eigenvalue weighted by atomic mass is 19.1. The summed E-state index contributed by atoms with van der Waals surface area (Å²) in [6.07, 6.45) is 0.993. The molecule has 1 saturated carbocycles. The van der Waals surface area contributed by atoms with Crippen LogP contribution in [-0.4, -0.2) is 18.4 Å². The second-order valence-electron chi connectivity index (χ2n) is 6.87. The van der Waals surface area contributed by atoms with Gasteiger partial charge in [0.05, 0.1) is 11.8 Å². The number of carbonyl (C=O) groups excluding carboxylic acids is 2. The molecule has 0 saturated heterocycles. The van der Waals surface area contributed by atoms with E-state index in [4.69, 9.17) is 0 Å². The van der Waals surface area contributed by atoms with Crippen LogP contribution >= 0.6 is 0 Å². The van der Waals surface area contributed by atoms with Gasteiger partial charge in [-0.1, -0.05) is 24.3 Å². The molecule has 0 aliphatic heterocycles. The lowest BCUT2D eigenvalue weighted by Gasteiger charge is -2.08. The van der Waals surface area contributed by atoms with Crippen molar-refractivity contribution in [3.8, 4) is 0 Å². The van der Waals surface area contributed by atoms with E-state index in [1.165, 1.54) is 11.6 Å². The molecule has 26 heavy (non-hydrogen) atoms. The van der Waals surface area contributed by atoms with Gasteiger partial charge in [0.1, 0.15) is 5.82 Å². The van der Waals surface area contributed by atoms with Gasteiger partial charge in [-0.3, -0.25) is 9.59 Å². The second-order valence-corrected chi connectivity index (χ2v) is 6.87. The molecule has 2 atom stereocenters. The fraction of sp³-hybridized carbons (Fsp3) is 0.333. The molecule has 0 spiro atoms. The molecular weight excluding hydrogens is 331 g/mol. The molecule has 0 radical (unpaired) electrons. The van der Waals surface area contributed by atoms with E-state index in [0.717, 1.165) is 11.3 Å². The number of anilines is 1. The summed E-state index contributed by atoms with van der Waals surface area (Å²) >= 11 is 0. The fourth-order valence-corrected chi connectivity index (χ4v) is 2.98. The quantitative estimate of drug-likeness (QED) is 0.836. The summed E-state index contributed by atoms with van der Waals surface area (Å²) in [7, 11) is 0. The molecule has 5 heteroatoms. The Kier molecular flexibility index (Phi) is 5.35. The van der Waals surface area contributed by atoms with Gasteiger partial charge in [-0.25, -0.2) is 4.39 Å². The molecule has 0 bridgehead atoms. The van der Waals surface area contributed by atoms with Crippen molar-refractivity contribution in [2.45, 2.75) is 26.7 Å². The van der Waals surface area contributed by atoms with Crippen LogP contribution in [0.15, 0.2) is 42.5 Å². The minimum atomic E-state index is -0.290. The van der Waals surface area contributed by atoms with Gasteiger partial charge in [-0.05, 0) is 61.6 Å². The molecule has 2 amide bonds. The lowest BCUT2D eigenvalue weighted by Crippen LogP contribution is -2.29. The van der Waals surface area contributed by atoms with Crippen molar-refractivity contribution < 1.29 is 14.0 Å². The molecule has 3 rings (SSSR count). The number of halogens is 1. The Morgan fingerprint density at radius 3 is 2.50 bits per heavy atom. The van der Waals surface area contributed by atoms with E-state index in [0.29, 0.717) is 24.9 Å². The van der Waals surface area contributed by atoms with Crippen LogP contribution < -0.4 is 10.6 Å². The zero-order valence-corrected chi connectivity index (χ0v) is 15.0. The molecule has 2 unspecified atom stereocenters. The summed E-state index contributed by atoms with van der Waals surface area (Å²) in [4.78, 5) is 24.4. The van der Waals surface area contributed by atoms with Crippen LogP contribution in [-0.2, 0) is 16.0 Å². The van der Waals surface area contributed by atoms with Crippen LogP contribution in [0.25, 0.3) is 0 Å². The average Bonchev–Trinajstić information content (AvgIpc) is 3.41. The first-order valence-corrected chi connectivity index (χ1v) is 8.85. The highest BCUT2D eigenvalue weighted by Gasteiger charge is 2.47. The zero-order chi connectivity index (χ0) is 18.7. The van der Waals surface area contributed by atoms with Gasteiger partial charge >= 0.3 is 0 Å². The summed E-state index contributed by atoms with van der Waals surface area (Å²) in [5.41, 5.74) is 3.61. The largest absolute Gasteiger partial charge is 0.356 e. The summed E-state index contributed by atoms with van der Waals surface area (Å²) in [6.45, 7) is 4.37. The monoisotopic (exact) mass is 354 g/mol. The van der Waals surface area contributed by atoms with E-state index in [2.05, 4.69) is 10.6 Å². The Hall–Kier alpha value is -2.69. The first kappa shape index (κ1) is 18.1. The van der Waals surface area contributed by atoms with Gasteiger partial charge in [0, 0.05) is 12.2 Å². The summed E-state index contributed by atoms with van der Waals surface area (Å²) in [6, 6.07) is 12.3. The molecule has 0 heterocycles. The summed E-state index contributed by atoms with van der Waals surface area (Å²) < 4.78 is 13.5. The van der Waals surface area contributed by atoms with Gasteiger partial charge in [-0.15, -0.1) is 0 Å². The van der Waals surface area contributed by atoms with Crippen molar-refractivity contribution in [1.29, 1.82) is 0 Å². The maximum atomic E-state index is 13.5. The lowest BCUT2D eigenvalue weighted by molar-refractivity contribution is -0.125. The SMILES string of the molecule is Cc1ccc(NC(=O)C2CC2C(=O)NCCc2ccccc2F)cc1C. The van der Waals surface area contributed by atoms with Crippen LogP contribution in [0.2, 0.25) is 0 Å². The van der Waals surface area contributed by atoms with E-state index in [1.807, 2.05) is 32.0 Å². The van der Waals surface area contributed by atoms with E-state index in [9.17, 15) is 14.0 Å². The molecule has 2 N–H and O–H groups in total. The van der Waals surface area contributed by atoms with Gasteiger partial charge < -0.3 is 10.6 Å². The van der Waals surface area contributed by atoms with Gasteiger partial charge in [-0.2, -0.15) is 0 Å². The molecule has 1 aliphatic carbocycles. The van der Waals surface area contributed by atoms with E-state index in [-0.39, 0.29) is 29.5 Å². The van der Waals surface area contributed by atoms with Crippen molar-refractivity contribution in [1.82, 2.24) is 5.32 Å².